The fraction of sp³-hybridized carbons (Fsp3) is 0.333. The molecule has 0 aliphatic carbocycles. The standard InChI is InChI=1S/C18H22O2/c1-11(2)14-6-5-7-16(18(14)12(3)4)15-9-8-13(19)10-17(15)20/h5-12,19-20H,1-4H3. The molecule has 2 nitrogen and oxygen atoms in total. The molecule has 0 unspecified atom stereocenters. The average molecular weight is 270 g/mol. The van der Waals surface area contributed by atoms with Gasteiger partial charge in [-0.2, -0.15) is 0 Å². The highest BCUT2D eigenvalue weighted by atomic mass is 16.3. The Hall–Kier alpha value is -1.96. The van der Waals surface area contributed by atoms with Gasteiger partial charge in [0, 0.05) is 11.6 Å². The number of rotatable bonds is 3. The van der Waals surface area contributed by atoms with Crippen LogP contribution in [0.3, 0.4) is 0 Å². The smallest absolute Gasteiger partial charge is 0.127 e. The predicted molar refractivity (Wildman–Crippen MR) is 83.4 cm³/mol. The number of hydrogen-bond donors (Lipinski definition) is 2. The zero-order valence-corrected chi connectivity index (χ0v) is 12.5. The van der Waals surface area contributed by atoms with Crippen molar-refractivity contribution in [3.63, 3.8) is 0 Å². The minimum Gasteiger partial charge on any atom is -0.508 e. The van der Waals surface area contributed by atoms with E-state index in [2.05, 4.69) is 33.8 Å². The maximum Gasteiger partial charge on any atom is 0.127 e. The van der Waals surface area contributed by atoms with Crippen molar-refractivity contribution in [3.05, 3.63) is 47.5 Å². The average Bonchev–Trinajstić information content (AvgIpc) is 2.37. The normalized spacial score (nSPS) is 11.3. The maximum atomic E-state index is 10.1. The molecule has 106 valence electrons. The van der Waals surface area contributed by atoms with Crippen molar-refractivity contribution in [1.29, 1.82) is 0 Å². The zero-order valence-electron chi connectivity index (χ0n) is 12.5. The lowest BCUT2D eigenvalue weighted by Crippen LogP contribution is -2.01. The second kappa shape index (κ2) is 5.58. The van der Waals surface area contributed by atoms with E-state index in [1.54, 1.807) is 12.1 Å². The zero-order chi connectivity index (χ0) is 14.9. The third-order valence-corrected chi connectivity index (χ3v) is 3.61. The molecule has 0 saturated carbocycles. The number of benzene rings is 2. The summed E-state index contributed by atoms with van der Waals surface area (Å²) in [6, 6.07) is 11.0. The second-order valence-electron chi connectivity index (χ2n) is 5.82. The molecule has 0 heterocycles. The first-order valence-electron chi connectivity index (χ1n) is 7.07. The molecule has 2 aromatic rings. The monoisotopic (exact) mass is 270 g/mol. The van der Waals surface area contributed by atoms with Crippen LogP contribution < -0.4 is 0 Å². The lowest BCUT2D eigenvalue weighted by molar-refractivity contribution is 0.452. The molecule has 2 rings (SSSR count). The topological polar surface area (TPSA) is 40.5 Å². The van der Waals surface area contributed by atoms with Gasteiger partial charge in [-0.1, -0.05) is 45.9 Å². The molecule has 0 aromatic heterocycles. The van der Waals surface area contributed by atoms with Gasteiger partial charge in [0.05, 0.1) is 0 Å². The van der Waals surface area contributed by atoms with Crippen LogP contribution in [0.1, 0.15) is 50.7 Å². The summed E-state index contributed by atoms with van der Waals surface area (Å²) in [5.41, 5.74) is 4.39. The van der Waals surface area contributed by atoms with E-state index in [-0.39, 0.29) is 11.5 Å². The van der Waals surface area contributed by atoms with Crippen molar-refractivity contribution in [1.82, 2.24) is 0 Å². The van der Waals surface area contributed by atoms with Gasteiger partial charge in [0.2, 0.25) is 0 Å². The number of phenols is 2. The van der Waals surface area contributed by atoms with Gasteiger partial charge in [-0.3, -0.25) is 0 Å². The summed E-state index contributed by atoms with van der Waals surface area (Å²) in [5.74, 6) is 1.01. The number of hydrogen-bond acceptors (Lipinski definition) is 2. The third kappa shape index (κ3) is 2.64. The van der Waals surface area contributed by atoms with Crippen LogP contribution in [0.5, 0.6) is 11.5 Å². The van der Waals surface area contributed by atoms with Crippen molar-refractivity contribution in [3.8, 4) is 22.6 Å². The van der Waals surface area contributed by atoms with E-state index in [1.807, 2.05) is 12.1 Å². The molecular weight excluding hydrogens is 248 g/mol. The van der Waals surface area contributed by atoms with Crippen LogP contribution in [0.25, 0.3) is 11.1 Å². The van der Waals surface area contributed by atoms with Gasteiger partial charge in [0.15, 0.2) is 0 Å². The summed E-state index contributed by atoms with van der Waals surface area (Å²) in [6.07, 6.45) is 0. The highest BCUT2D eigenvalue weighted by Gasteiger charge is 2.17. The highest BCUT2D eigenvalue weighted by Crippen LogP contribution is 2.39. The van der Waals surface area contributed by atoms with Gasteiger partial charge in [-0.05, 0) is 40.7 Å². The van der Waals surface area contributed by atoms with Crippen LogP contribution in [0.2, 0.25) is 0 Å². The molecule has 0 spiro atoms. The lowest BCUT2D eigenvalue weighted by Gasteiger charge is -2.21. The Labute approximate surface area is 120 Å². The van der Waals surface area contributed by atoms with Crippen molar-refractivity contribution >= 4 is 0 Å². The van der Waals surface area contributed by atoms with Crippen molar-refractivity contribution in [2.75, 3.05) is 0 Å². The van der Waals surface area contributed by atoms with Crippen LogP contribution in [0.15, 0.2) is 36.4 Å². The predicted octanol–water partition coefficient (Wildman–Crippen LogP) is 5.01. The van der Waals surface area contributed by atoms with Gasteiger partial charge in [-0.25, -0.2) is 0 Å². The summed E-state index contributed by atoms with van der Waals surface area (Å²) >= 11 is 0. The Balaban J connectivity index is 2.70. The molecule has 0 bridgehead atoms. The Morgan fingerprint density at radius 2 is 1.50 bits per heavy atom. The van der Waals surface area contributed by atoms with E-state index in [0.717, 1.165) is 11.1 Å². The fourth-order valence-electron chi connectivity index (χ4n) is 2.71. The molecule has 0 fully saturated rings. The van der Waals surface area contributed by atoms with Crippen molar-refractivity contribution < 1.29 is 10.2 Å². The Bertz CT molecular complexity index is 613. The van der Waals surface area contributed by atoms with Gasteiger partial charge >= 0.3 is 0 Å². The molecule has 2 N–H and O–H groups in total. The van der Waals surface area contributed by atoms with E-state index in [0.29, 0.717) is 11.8 Å². The molecule has 0 aliphatic rings. The minimum absolute atomic E-state index is 0.0809. The molecule has 0 aliphatic heterocycles. The van der Waals surface area contributed by atoms with Crippen LogP contribution in [0, 0.1) is 0 Å². The maximum absolute atomic E-state index is 10.1. The summed E-state index contributed by atoms with van der Waals surface area (Å²) in [4.78, 5) is 0. The summed E-state index contributed by atoms with van der Waals surface area (Å²) in [6.45, 7) is 8.70. The number of aromatic hydroxyl groups is 2. The molecular formula is C18H22O2. The highest BCUT2D eigenvalue weighted by molar-refractivity contribution is 5.75. The molecule has 2 aromatic carbocycles. The van der Waals surface area contributed by atoms with Crippen molar-refractivity contribution in [2.45, 2.75) is 39.5 Å². The van der Waals surface area contributed by atoms with Crippen LogP contribution in [-0.4, -0.2) is 10.2 Å². The Morgan fingerprint density at radius 1 is 0.800 bits per heavy atom. The SMILES string of the molecule is CC(C)c1cccc(-c2ccc(O)cc2O)c1C(C)C. The van der Waals surface area contributed by atoms with E-state index >= 15 is 0 Å². The molecule has 0 atom stereocenters. The van der Waals surface area contributed by atoms with E-state index in [9.17, 15) is 10.2 Å². The fourth-order valence-corrected chi connectivity index (χ4v) is 2.71. The first-order valence-corrected chi connectivity index (χ1v) is 7.07. The summed E-state index contributed by atoms with van der Waals surface area (Å²) in [7, 11) is 0. The van der Waals surface area contributed by atoms with E-state index < -0.39 is 0 Å². The first-order chi connectivity index (χ1) is 9.41. The van der Waals surface area contributed by atoms with Gasteiger partial charge < -0.3 is 10.2 Å². The first kappa shape index (κ1) is 14.4. The van der Waals surface area contributed by atoms with Crippen LogP contribution >= 0.6 is 0 Å². The van der Waals surface area contributed by atoms with Crippen molar-refractivity contribution in [2.24, 2.45) is 0 Å². The molecule has 0 radical (unpaired) electrons. The van der Waals surface area contributed by atoms with E-state index in [4.69, 9.17) is 0 Å². The van der Waals surface area contributed by atoms with Gasteiger partial charge in [0.25, 0.3) is 0 Å². The molecule has 2 heteroatoms. The van der Waals surface area contributed by atoms with Crippen LogP contribution in [-0.2, 0) is 0 Å². The summed E-state index contributed by atoms with van der Waals surface area (Å²) < 4.78 is 0. The quantitative estimate of drug-likeness (QED) is 0.822. The van der Waals surface area contributed by atoms with E-state index in [1.165, 1.54) is 17.2 Å². The van der Waals surface area contributed by atoms with Gasteiger partial charge in [-0.15, -0.1) is 0 Å². The molecule has 0 amide bonds. The third-order valence-electron chi connectivity index (χ3n) is 3.61. The minimum atomic E-state index is 0.0809. The molecule has 20 heavy (non-hydrogen) atoms. The van der Waals surface area contributed by atoms with Crippen LogP contribution in [0.4, 0.5) is 0 Å². The Kier molecular flexibility index (Phi) is 4.03. The number of phenolic OH excluding ortho intramolecular Hbond substituents is 2. The Morgan fingerprint density at radius 3 is 2.05 bits per heavy atom. The second-order valence-corrected chi connectivity index (χ2v) is 5.82. The molecule has 0 saturated heterocycles. The summed E-state index contributed by atoms with van der Waals surface area (Å²) in [5, 5.41) is 19.6. The van der Waals surface area contributed by atoms with Gasteiger partial charge in [0.1, 0.15) is 11.5 Å². The lowest BCUT2D eigenvalue weighted by atomic mass is 9.84. The largest absolute Gasteiger partial charge is 0.508 e.